The highest BCUT2D eigenvalue weighted by molar-refractivity contribution is 5.81. The van der Waals surface area contributed by atoms with Crippen LogP contribution in [0.5, 0.6) is 0 Å². The van der Waals surface area contributed by atoms with Gasteiger partial charge in [-0.15, -0.1) is 0 Å². The first kappa shape index (κ1) is 22.7. The Morgan fingerprint density at radius 3 is 2.50 bits per heavy atom. The first-order chi connectivity index (χ1) is 12.4. The standard InChI is InChI=1S/C19H38N4O3/c1-5-20-18(23-11-10-21-17(24)19(2,3)4)22-9-6-12-26-15-16-7-13-25-14-8-16/h16H,5-15H2,1-4H3,(H,21,24)(H2,20,22,23). The Bertz CT molecular complexity index is 415. The number of nitrogens with zero attached hydrogens (tertiary/aromatic N) is 1. The van der Waals surface area contributed by atoms with Crippen LogP contribution < -0.4 is 16.0 Å². The first-order valence-electron chi connectivity index (χ1n) is 9.89. The molecule has 1 amide bonds. The lowest BCUT2D eigenvalue weighted by Crippen LogP contribution is -2.43. The number of hydrogen-bond donors (Lipinski definition) is 3. The Balaban J connectivity index is 2.12. The zero-order valence-electron chi connectivity index (χ0n) is 17.0. The van der Waals surface area contributed by atoms with Gasteiger partial charge in [0.05, 0.1) is 0 Å². The van der Waals surface area contributed by atoms with Gasteiger partial charge in [0.2, 0.25) is 5.91 Å². The molecule has 0 atom stereocenters. The number of guanidine groups is 1. The quantitative estimate of drug-likeness (QED) is 0.309. The van der Waals surface area contributed by atoms with Crippen LogP contribution in [0, 0.1) is 11.3 Å². The van der Waals surface area contributed by atoms with Crippen molar-refractivity contribution in [1.82, 2.24) is 16.0 Å². The topological polar surface area (TPSA) is 84.0 Å². The molecule has 0 aromatic carbocycles. The number of carbonyl (C=O) groups excluding carboxylic acids is 1. The summed E-state index contributed by atoms with van der Waals surface area (Å²) in [7, 11) is 0. The minimum atomic E-state index is -0.358. The maximum Gasteiger partial charge on any atom is 0.225 e. The van der Waals surface area contributed by atoms with E-state index in [1.807, 2.05) is 27.7 Å². The molecule has 1 rings (SSSR count). The third-order valence-electron chi connectivity index (χ3n) is 4.14. The fourth-order valence-electron chi connectivity index (χ4n) is 2.48. The molecular formula is C19H38N4O3. The van der Waals surface area contributed by atoms with Crippen molar-refractivity contribution < 1.29 is 14.3 Å². The average Bonchev–Trinajstić information content (AvgIpc) is 2.61. The third kappa shape index (κ3) is 10.6. The largest absolute Gasteiger partial charge is 0.381 e. The summed E-state index contributed by atoms with van der Waals surface area (Å²) in [5, 5.41) is 9.38. The smallest absolute Gasteiger partial charge is 0.225 e. The van der Waals surface area contributed by atoms with Gasteiger partial charge in [0.25, 0.3) is 0 Å². The SMILES string of the molecule is CCNC(=NCCCOCC1CCOCC1)NCCNC(=O)C(C)(C)C. The van der Waals surface area contributed by atoms with E-state index >= 15 is 0 Å². The lowest BCUT2D eigenvalue weighted by Gasteiger charge is -2.21. The fraction of sp³-hybridized carbons (Fsp3) is 0.895. The van der Waals surface area contributed by atoms with Gasteiger partial charge in [-0.2, -0.15) is 0 Å². The van der Waals surface area contributed by atoms with Crippen molar-refractivity contribution in [2.45, 2.75) is 47.0 Å². The third-order valence-corrected chi connectivity index (χ3v) is 4.14. The highest BCUT2D eigenvalue weighted by Gasteiger charge is 2.20. The molecule has 0 aliphatic carbocycles. The van der Waals surface area contributed by atoms with Crippen molar-refractivity contribution in [2.24, 2.45) is 16.3 Å². The molecule has 3 N–H and O–H groups in total. The summed E-state index contributed by atoms with van der Waals surface area (Å²) in [6, 6.07) is 0. The molecule has 26 heavy (non-hydrogen) atoms. The number of rotatable bonds is 10. The Hall–Kier alpha value is -1.34. The highest BCUT2D eigenvalue weighted by atomic mass is 16.5. The predicted octanol–water partition coefficient (Wildman–Crippen LogP) is 1.54. The molecule has 0 aromatic rings. The van der Waals surface area contributed by atoms with Crippen molar-refractivity contribution in [3.63, 3.8) is 0 Å². The lowest BCUT2D eigenvalue weighted by atomic mass is 9.96. The second-order valence-electron chi connectivity index (χ2n) is 7.68. The Morgan fingerprint density at radius 1 is 1.15 bits per heavy atom. The van der Waals surface area contributed by atoms with Crippen LogP contribution in [0.4, 0.5) is 0 Å². The van der Waals surface area contributed by atoms with E-state index < -0.39 is 0 Å². The zero-order valence-corrected chi connectivity index (χ0v) is 17.0. The molecule has 1 aliphatic heterocycles. The predicted molar refractivity (Wildman–Crippen MR) is 105 cm³/mol. The van der Waals surface area contributed by atoms with Gasteiger partial charge in [0.1, 0.15) is 0 Å². The summed E-state index contributed by atoms with van der Waals surface area (Å²) in [6.07, 6.45) is 3.12. The van der Waals surface area contributed by atoms with E-state index in [2.05, 4.69) is 20.9 Å². The average molecular weight is 371 g/mol. The molecule has 0 saturated carbocycles. The highest BCUT2D eigenvalue weighted by Crippen LogP contribution is 2.14. The minimum absolute atomic E-state index is 0.0583. The molecule has 1 fully saturated rings. The summed E-state index contributed by atoms with van der Waals surface area (Å²) in [6.45, 7) is 13.8. The van der Waals surface area contributed by atoms with E-state index in [4.69, 9.17) is 9.47 Å². The molecule has 1 heterocycles. The van der Waals surface area contributed by atoms with Gasteiger partial charge >= 0.3 is 0 Å². The van der Waals surface area contributed by atoms with Crippen LogP contribution in [0.25, 0.3) is 0 Å². The van der Waals surface area contributed by atoms with Crippen LogP contribution >= 0.6 is 0 Å². The number of nitrogens with one attached hydrogen (secondary N) is 3. The summed E-state index contributed by atoms with van der Waals surface area (Å²) in [5.41, 5.74) is -0.358. The van der Waals surface area contributed by atoms with Crippen LogP contribution in [0.2, 0.25) is 0 Å². The maximum atomic E-state index is 11.8. The molecule has 0 spiro atoms. The van der Waals surface area contributed by atoms with Crippen molar-refractivity contribution in [3.05, 3.63) is 0 Å². The van der Waals surface area contributed by atoms with Gasteiger partial charge in [-0.25, -0.2) is 0 Å². The van der Waals surface area contributed by atoms with Gasteiger partial charge in [-0.1, -0.05) is 20.8 Å². The van der Waals surface area contributed by atoms with Crippen molar-refractivity contribution in [1.29, 1.82) is 0 Å². The lowest BCUT2D eigenvalue weighted by molar-refractivity contribution is -0.128. The molecule has 1 saturated heterocycles. The minimum Gasteiger partial charge on any atom is -0.381 e. The first-order valence-corrected chi connectivity index (χ1v) is 9.89. The number of carbonyl (C=O) groups is 1. The van der Waals surface area contributed by atoms with E-state index in [0.717, 1.165) is 64.7 Å². The summed E-state index contributed by atoms with van der Waals surface area (Å²) < 4.78 is 11.1. The van der Waals surface area contributed by atoms with Gasteiger partial charge in [-0.3, -0.25) is 9.79 Å². The molecule has 0 unspecified atom stereocenters. The van der Waals surface area contributed by atoms with E-state index in [-0.39, 0.29) is 11.3 Å². The van der Waals surface area contributed by atoms with Crippen molar-refractivity contribution in [3.8, 4) is 0 Å². The molecule has 0 radical (unpaired) electrons. The van der Waals surface area contributed by atoms with Crippen LogP contribution in [0.3, 0.4) is 0 Å². The van der Waals surface area contributed by atoms with Crippen molar-refractivity contribution in [2.75, 3.05) is 52.6 Å². The van der Waals surface area contributed by atoms with Crippen LogP contribution in [-0.2, 0) is 14.3 Å². The molecule has 7 heteroatoms. The van der Waals surface area contributed by atoms with Gasteiger partial charge in [0, 0.05) is 58.0 Å². The van der Waals surface area contributed by atoms with Crippen LogP contribution in [-0.4, -0.2) is 64.5 Å². The number of hydrogen-bond acceptors (Lipinski definition) is 4. The Morgan fingerprint density at radius 2 is 1.85 bits per heavy atom. The monoisotopic (exact) mass is 370 g/mol. The molecule has 152 valence electrons. The normalized spacial score (nSPS) is 16.4. The van der Waals surface area contributed by atoms with Gasteiger partial charge in [0.15, 0.2) is 5.96 Å². The zero-order chi connectivity index (χ0) is 19.3. The van der Waals surface area contributed by atoms with E-state index in [1.54, 1.807) is 0 Å². The summed E-state index contributed by atoms with van der Waals surface area (Å²) >= 11 is 0. The number of ether oxygens (including phenoxy) is 2. The molecule has 0 aromatic heterocycles. The molecule has 1 aliphatic rings. The van der Waals surface area contributed by atoms with Gasteiger partial charge in [-0.05, 0) is 32.1 Å². The maximum absolute atomic E-state index is 11.8. The Labute approximate surface area is 158 Å². The number of aliphatic imine (C=N–C) groups is 1. The van der Waals surface area contributed by atoms with Gasteiger partial charge < -0.3 is 25.4 Å². The summed E-state index contributed by atoms with van der Waals surface area (Å²) in [5.74, 6) is 1.49. The van der Waals surface area contributed by atoms with Crippen LogP contribution in [0.1, 0.15) is 47.0 Å². The van der Waals surface area contributed by atoms with Crippen molar-refractivity contribution >= 4 is 11.9 Å². The second kappa shape index (κ2) is 12.9. The fourth-order valence-corrected chi connectivity index (χ4v) is 2.48. The van der Waals surface area contributed by atoms with E-state index in [0.29, 0.717) is 19.0 Å². The molecule has 7 nitrogen and oxygen atoms in total. The van der Waals surface area contributed by atoms with E-state index in [9.17, 15) is 4.79 Å². The Kier molecular flexibility index (Phi) is 11.3. The molecule has 0 bridgehead atoms. The van der Waals surface area contributed by atoms with Crippen LogP contribution in [0.15, 0.2) is 4.99 Å². The summed E-state index contributed by atoms with van der Waals surface area (Å²) in [4.78, 5) is 16.4. The second-order valence-corrected chi connectivity index (χ2v) is 7.68. The molecular weight excluding hydrogens is 332 g/mol. The number of amides is 1. The van der Waals surface area contributed by atoms with E-state index in [1.165, 1.54) is 0 Å².